The second-order valence-electron chi connectivity index (χ2n) is 5.33. The number of aliphatic carboxylic acids is 1. The van der Waals surface area contributed by atoms with Crippen molar-refractivity contribution in [1.29, 1.82) is 0 Å². The molecule has 8 heteroatoms. The van der Waals surface area contributed by atoms with E-state index in [0.29, 0.717) is 0 Å². The Hall–Kier alpha value is -3.03. The van der Waals surface area contributed by atoms with Crippen LogP contribution in [0.15, 0.2) is 41.2 Å². The van der Waals surface area contributed by atoms with Crippen LogP contribution >= 0.6 is 0 Å². The number of nitrogens with zero attached hydrogens (tertiary/aromatic N) is 2. The molecule has 0 bridgehead atoms. The Morgan fingerprint density at radius 1 is 1.29 bits per heavy atom. The van der Waals surface area contributed by atoms with E-state index in [-0.39, 0.29) is 30.3 Å². The Balaban J connectivity index is 2.19. The quantitative estimate of drug-likeness (QED) is 0.827. The first-order valence-corrected chi connectivity index (χ1v) is 7.23. The third-order valence-electron chi connectivity index (χ3n) is 3.25. The highest BCUT2D eigenvalue weighted by Crippen LogP contribution is 2.09. The Morgan fingerprint density at radius 2 is 2.00 bits per heavy atom. The lowest BCUT2D eigenvalue weighted by Gasteiger charge is -2.11. The molecule has 0 radical (unpaired) electrons. The molecule has 0 spiro atoms. The van der Waals surface area contributed by atoms with Crippen LogP contribution in [0.4, 0.5) is 4.39 Å². The minimum atomic E-state index is -0.956. The average molecular weight is 333 g/mol. The van der Waals surface area contributed by atoms with E-state index < -0.39 is 23.3 Å². The van der Waals surface area contributed by atoms with Crippen molar-refractivity contribution in [3.8, 4) is 5.69 Å². The lowest BCUT2D eigenvalue weighted by molar-refractivity contribution is -0.137. The summed E-state index contributed by atoms with van der Waals surface area (Å²) in [7, 11) is 0. The number of carbonyl (C=O) groups excluding carboxylic acids is 1. The van der Waals surface area contributed by atoms with Crippen molar-refractivity contribution < 1.29 is 19.1 Å². The van der Waals surface area contributed by atoms with Gasteiger partial charge in [0.05, 0.1) is 0 Å². The first-order valence-electron chi connectivity index (χ1n) is 7.23. The topological polar surface area (TPSA) is 101 Å². The van der Waals surface area contributed by atoms with E-state index in [1.807, 2.05) is 0 Å². The maximum absolute atomic E-state index is 13.8. The number of amides is 1. The highest BCUT2D eigenvalue weighted by atomic mass is 19.1. The molecule has 0 aliphatic heterocycles. The zero-order chi connectivity index (χ0) is 17.7. The first kappa shape index (κ1) is 17.3. The van der Waals surface area contributed by atoms with Gasteiger partial charge in [0.25, 0.3) is 11.5 Å². The first-order chi connectivity index (χ1) is 11.4. The molecule has 1 unspecified atom stereocenters. The van der Waals surface area contributed by atoms with E-state index in [9.17, 15) is 18.8 Å². The molecule has 1 heterocycles. The molecular formula is C16H16FN3O4. The zero-order valence-corrected chi connectivity index (χ0v) is 12.9. The van der Waals surface area contributed by atoms with Crippen LogP contribution in [0.2, 0.25) is 0 Å². The van der Waals surface area contributed by atoms with Gasteiger partial charge in [0, 0.05) is 19.0 Å². The van der Waals surface area contributed by atoms with E-state index in [1.165, 1.54) is 24.3 Å². The van der Waals surface area contributed by atoms with Gasteiger partial charge in [-0.25, -0.2) is 4.39 Å². The summed E-state index contributed by atoms with van der Waals surface area (Å²) in [6, 6.07) is 7.94. The molecule has 2 rings (SSSR count). The van der Waals surface area contributed by atoms with Crippen molar-refractivity contribution >= 4 is 11.9 Å². The number of aromatic nitrogens is 2. The number of carbonyl (C=O) groups is 2. The molecule has 1 amide bonds. The molecule has 2 N–H and O–H groups in total. The number of carboxylic acid groups (broad SMARTS) is 1. The van der Waals surface area contributed by atoms with Crippen molar-refractivity contribution in [1.82, 2.24) is 15.1 Å². The number of benzene rings is 1. The molecule has 1 atom stereocenters. The van der Waals surface area contributed by atoms with Gasteiger partial charge in [-0.2, -0.15) is 9.78 Å². The SMILES string of the molecule is CC(CNC(=O)c1ccc(=O)n(-c2ccccc2F)n1)CC(=O)O. The Bertz CT molecular complexity index is 819. The maximum Gasteiger partial charge on any atom is 0.303 e. The van der Waals surface area contributed by atoms with Gasteiger partial charge < -0.3 is 10.4 Å². The van der Waals surface area contributed by atoms with E-state index in [2.05, 4.69) is 10.4 Å². The molecule has 0 aliphatic rings. The van der Waals surface area contributed by atoms with Crippen LogP contribution in [0, 0.1) is 11.7 Å². The van der Waals surface area contributed by atoms with Gasteiger partial charge in [-0.3, -0.25) is 14.4 Å². The summed E-state index contributed by atoms with van der Waals surface area (Å²) >= 11 is 0. The normalized spacial score (nSPS) is 11.8. The molecular weight excluding hydrogens is 317 g/mol. The lowest BCUT2D eigenvalue weighted by Crippen LogP contribution is -2.32. The summed E-state index contributed by atoms with van der Waals surface area (Å²) in [5, 5.41) is 15.1. The Kier molecular flexibility index (Phi) is 5.41. The van der Waals surface area contributed by atoms with E-state index in [1.54, 1.807) is 13.0 Å². The van der Waals surface area contributed by atoms with Crippen molar-refractivity contribution in [3.63, 3.8) is 0 Å². The molecule has 7 nitrogen and oxygen atoms in total. The summed E-state index contributed by atoms with van der Waals surface area (Å²) in [4.78, 5) is 34.6. The van der Waals surface area contributed by atoms with E-state index in [0.717, 1.165) is 10.7 Å². The molecule has 2 aromatic rings. The molecule has 24 heavy (non-hydrogen) atoms. The van der Waals surface area contributed by atoms with Gasteiger partial charge in [-0.15, -0.1) is 0 Å². The van der Waals surface area contributed by atoms with Crippen molar-refractivity contribution in [2.24, 2.45) is 5.92 Å². The third kappa shape index (κ3) is 4.25. The van der Waals surface area contributed by atoms with Crippen LogP contribution in [0.1, 0.15) is 23.8 Å². The molecule has 0 fully saturated rings. The molecule has 1 aromatic carbocycles. The average Bonchev–Trinajstić information content (AvgIpc) is 2.53. The number of hydrogen-bond acceptors (Lipinski definition) is 4. The highest BCUT2D eigenvalue weighted by molar-refractivity contribution is 5.92. The van der Waals surface area contributed by atoms with Gasteiger partial charge in [0.2, 0.25) is 0 Å². The van der Waals surface area contributed by atoms with Crippen LogP contribution in [-0.2, 0) is 4.79 Å². The summed E-state index contributed by atoms with van der Waals surface area (Å²) in [5.41, 5.74) is -0.701. The highest BCUT2D eigenvalue weighted by Gasteiger charge is 2.14. The van der Waals surface area contributed by atoms with Gasteiger partial charge >= 0.3 is 5.97 Å². The van der Waals surface area contributed by atoms with Gasteiger partial charge in [-0.05, 0) is 24.1 Å². The molecule has 126 valence electrons. The fourth-order valence-corrected chi connectivity index (χ4v) is 2.06. The summed E-state index contributed by atoms with van der Waals surface area (Å²) in [6.45, 7) is 1.83. The molecule has 0 saturated heterocycles. The number of rotatable bonds is 6. The Labute approximate surface area is 136 Å². The smallest absolute Gasteiger partial charge is 0.303 e. The number of carboxylic acids is 1. The van der Waals surface area contributed by atoms with Crippen molar-refractivity contribution in [2.45, 2.75) is 13.3 Å². The minimum Gasteiger partial charge on any atom is -0.481 e. The van der Waals surface area contributed by atoms with E-state index in [4.69, 9.17) is 5.11 Å². The van der Waals surface area contributed by atoms with Crippen LogP contribution in [0.5, 0.6) is 0 Å². The largest absolute Gasteiger partial charge is 0.481 e. The second-order valence-corrected chi connectivity index (χ2v) is 5.33. The van der Waals surface area contributed by atoms with Crippen LogP contribution in [0.3, 0.4) is 0 Å². The van der Waals surface area contributed by atoms with Crippen LogP contribution in [-0.4, -0.2) is 33.3 Å². The summed E-state index contributed by atoms with van der Waals surface area (Å²) < 4.78 is 14.6. The predicted octanol–water partition coefficient (Wildman–Crippen LogP) is 1.21. The summed E-state index contributed by atoms with van der Waals surface area (Å²) in [6.07, 6.45) is -0.0809. The number of para-hydroxylation sites is 1. The van der Waals surface area contributed by atoms with Crippen molar-refractivity contribution in [3.05, 3.63) is 58.3 Å². The summed E-state index contributed by atoms with van der Waals surface area (Å²) in [5.74, 6) is -2.43. The number of hydrogen-bond donors (Lipinski definition) is 2. The van der Waals surface area contributed by atoms with Crippen LogP contribution in [0.25, 0.3) is 5.69 Å². The number of nitrogens with one attached hydrogen (secondary N) is 1. The molecule has 1 aromatic heterocycles. The third-order valence-corrected chi connectivity index (χ3v) is 3.25. The minimum absolute atomic E-state index is 0.0589. The van der Waals surface area contributed by atoms with Gasteiger partial charge in [0.1, 0.15) is 17.2 Å². The molecule has 0 aliphatic carbocycles. The van der Waals surface area contributed by atoms with Gasteiger partial charge in [-0.1, -0.05) is 19.1 Å². The molecule has 0 saturated carbocycles. The standard InChI is InChI=1S/C16H16FN3O4/c1-10(8-15(22)23)9-18-16(24)12-6-7-14(21)20(19-12)13-5-3-2-4-11(13)17/h2-7,10H,8-9H2,1H3,(H,18,24)(H,22,23). The van der Waals surface area contributed by atoms with Gasteiger partial charge in [0.15, 0.2) is 0 Å². The lowest BCUT2D eigenvalue weighted by atomic mass is 10.1. The maximum atomic E-state index is 13.8. The zero-order valence-electron chi connectivity index (χ0n) is 12.9. The fraction of sp³-hybridized carbons (Fsp3) is 0.250. The fourth-order valence-electron chi connectivity index (χ4n) is 2.06. The number of halogens is 1. The monoisotopic (exact) mass is 333 g/mol. The van der Waals surface area contributed by atoms with Crippen LogP contribution < -0.4 is 10.9 Å². The van der Waals surface area contributed by atoms with Crippen molar-refractivity contribution in [2.75, 3.05) is 6.54 Å². The second kappa shape index (κ2) is 7.49. The Morgan fingerprint density at radius 3 is 2.67 bits per heavy atom. The van der Waals surface area contributed by atoms with E-state index >= 15 is 0 Å². The predicted molar refractivity (Wildman–Crippen MR) is 83.5 cm³/mol.